The predicted molar refractivity (Wildman–Crippen MR) is 60.5 cm³/mol. The summed E-state index contributed by atoms with van der Waals surface area (Å²) < 4.78 is 103. The molecule has 0 radical (unpaired) electrons. The number of alkyl halides is 3. The van der Waals surface area contributed by atoms with Crippen LogP contribution in [0.5, 0.6) is 0 Å². The molecule has 0 fully saturated rings. The molecule has 0 unspecified atom stereocenters. The number of benzene rings is 2. The van der Waals surface area contributed by atoms with Gasteiger partial charge in [0.2, 0.25) is 5.82 Å². The molecule has 2 aromatic rings. The maximum absolute atomic E-state index is 13.5. The van der Waals surface area contributed by atoms with Crippen LogP contribution in [0.3, 0.4) is 0 Å². The molecule has 0 aliphatic carbocycles. The minimum Gasteiger partial charge on any atom is -0.203 e. The zero-order chi connectivity index (χ0) is 16.7. The average Bonchev–Trinajstić information content (AvgIpc) is 2.47. The Morgan fingerprint density at radius 2 is 1.05 bits per heavy atom. The van der Waals surface area contributed by atoms with E-state index < -0.39 is 52.8 Å². The standard InChI is InChI=1S/C14H6F8/c15-9-8(10(16)12(18)13(19)11(9)17)5-6-1-3-7(4-2-6)14(20,21)22/h1-4H,5H2. The first-order valence-corrected chi connectivity index (χ1v) is 5.79. The predicted octanol–water partition coefficient (Wildman–Crippen LogP) is 4.99. The molecule has 0 atom stereocenters. The van der Waals surface area contributed by atoms with Gasteiger partial charge in [-0.2, -0.15) is 13.2 Å². The summed E-state index contributed by atoms with van der Waals surface area (Å²) >= 11 is 0. The second kappa shape index (κ2) is 5.58. The van der Waals surface area contributed by atoms with E-state index in [1.807, 2.05) is 0 Å². The second-order valence-electron chi connectivity index (χ2n) is 4.42. The third-order valence-electron chi connectivity index (χ3n) is 2.96. The first-order valence-electron chi connectivity index (χ1n) is 5.79. The maximum atomic E-state index is 13.5. The number of hydrogen-bond donors (Lipinski definition) is 0. The highest BCUT2D eigenvalue weighted by Gasteiger charge is 2.30. The zero-order valence-corrected chi connectivity index (χ0v) is 10.5. The average molecular weight is 326 g/mol. The lowest BCUT2D eigenvalue weighted by Crippen LogP contribution is -2.08. The summed E-state index contributed by atoms with van der Waals surface area (Å²) in [5.41, 5.74) is -2.12. The molecule has 2 aromatic carbocycles. The van der Waals surface area contributed by atoms with Crippen LogP contribution in [-0.2, 0) is 12.6 Å². The van der Waals surface area contributed by atoms with E-state index in [1.165, 1.54) is 0 Å². The molecule has 0 N–H and O–H groups in total. The van der Waals surface area contributed by atoms with Crippen LogP contribution in [0.4, 0.5) is 35.1 Å². The summed E-state index contributed by atoms with van der Waals surface area (Å²) in [6, 6.07) is 3.12. The van der Waals surface area contributed by atoms with Crippen molar-refractivity contribution < 1.29 is 35.1 Å². The van der Waals surface area contributed by atoms with E-state index in [0.717, 1.165) is 12.1 Å². The van der Waals surface area contributed by atoms with Gasteiger partial charge in [-0.3, -0.25) is 0 Å². The fourth-order valence-corrected chi connectivity index (χ4v) is 1.82. The van der Waals surface area contributed by atoms with Crippen molar-refractivity contribution in [3.05, 3.63) is 70.0 Å². The highest BCUT2D eigenvalue weighted by Crippen LogP contribution is 2.30. The van der Waals surface area contributed by atoms with Crippen LogP contribution in [0.15, 0.2) is 24.3 Å². The van der Waals surface area contributed by atoms with Gasteiger partial charge < -0.3 is 0 Å². The monoisotopic (exact) mass is 326 g/mol. The van der Waals surface area contributed by atoms with E-state index in [1.54, 1.807) is 0 Å². The number of halogens is 8. The number of hydrogen-bond acceptors (Lipinski definition) is 0. The third kappa shape index (κ3) is 2.90. The van der Waals surface area contributed by atoms with E-state index in [4.69, 9.17) is 0 Å². The van der Waals surface area contributed by atoms with E-state index >= 15 is 0 Å². The fraction of sp³-hybridized carbons (Fsp3) is 0.143. The molecule has 0 aromatic heterocycles. The Balaban J connectivity index is 2.40. The van der Waals surface area contributed by atoms with Crippen molar-refractivity contribution in [3.8, 4) is 0 Å². The highest BCUT2D eigenvalue weighted by molar-refractivity contribution is 5.32. The van der Waals surface area contributed by atoms with Gasteiger partial charge >= 0.3 is 6.18 Å². The molecular formula is C14H6F8. The highest BCUT2D eigenvalue weighted by atomic mass is 19.4. The van der Waals surface area contributed by atoms with Gasteiger partial charge in [0, 0.05) is 12.0 Å². The first kappa shape index (κ1) is 16.3. The Morgan fingerprint density at radius 1 is 0.636 bits per heavy atom. The van der Waals surface area contributed by atoms with Gasteiger partial charge in [0.25, 0.3) is 0 Å². The normalized spacial score (nSPS) is 11.8. The molecule has 0 saturated heterocycles. The van der Waals surface area contributed by atoms with Crippen LogP contribution in [0, 0.1) is 29.1 Å². The van der Waals surface area contributed by atoms with Crippen LogP contribution in [0.2, 0.25) is 0 Å². The number of rotatable bonds is 2. The molecule has 0 saturated carbocycles. The Bertz CT molecular complexity index is 671. The lowest BCUT2D eigenvalue weighted by molar-refractivity contribution is -0.137. The van der Waals surface area contributed by atoms with Crippen molar-refractivity contribution in [1.29, 1.82) is 0 Å². The molecule has 0 aliphatic rings. The van der Waals surface area contributed by atoms with Gasteiger partial charge in [0.1, 0.15) is 0 Å². The molecule has 0 bridgehead atoms. The van der Waals surface area contributed by atoms with Crippen molar-refractivity contribution in [2.24, 2.45) is 0 Å². The van der Waals surface area contributed by atoms with Crippen molar-refractivity contribution in [2.75, 3.05) is 0 Å². The molecule has 0 aliphatic heterocycles. The largest absolute Gasteiger partial charge is 0.416 e. The van der Waals surface area contributed by atoms with E-state index in [2.05, 4.69) is 0 Å². The summed E-state index contributed by atoms with van der Waals surface area (Å²) in [5, 5.41) is 0. The molecule has 0 heterocycles. The van der Waals surface area contributed by atoms with Crippen LogP contribution >= 0.6 is 0 Å². The third-order valence-corrected chi connectivity index (χ3v) is 2.96. The van der Waals surface area contributed by atoms with Crippen molar-refractivity contribution in [3.63, 3.8) is 0 Å². The van der Waals surface area contributed by atoms with Crippen LogP contribution in [0.25, 0.3) is 0 Å². The maximum Gasteiger partial charge on any atom is 0.416 e. The fourth-order valence-electron chi connectivity index (χ4n) is 1.82. The minimum absolute atomic E-state index is 0.0313. The van der Waals surface area contributed by atoms with E-state index in [0.29, 0.717) is 12.1 Å². The van der Waals surface area contributed by atoms with Crippen molar-refractivity contribution in [1.82, 2.24) is 0 Å². The van der Waals surface area contributed by atoms with Gasteiger partial charge in [-0.1, -0.05) is 12.1 Å². The van der Waals surface area contributed by atoms with Gasteiger partial charge in [0.15, 0.2) is 23.3 Å². The van der Waals surface area contributed by atoms with Gasteiger partial charge in [0.05, 0.1) is 5.56 Å². The van der Waals surface area contributed by atoms with Crippen molar-refractivity contribution >= 4 is 0 Å². The summed E-state index contributed by atoms with van der Waals surface area (Å²) in [4.78, 5) is 0. The lowest BCUT2D eigenvalue weighted by atomic mass is 10.0. The van der Waals surface area contributed by atoms with E-state index in [-0.39, 0.29) is 5.56 Å². The molecule has 2 rings (SSSR count). The molecule has 118 valence electrons. The summed E-state index contributed by atoms with van der Waals surface area (Å²) in [7, 11) is 0. The van der Waals surface area contributed by atoms with Crippen LogP contribution in [-0.4, -0.2) is 0 Å². The second-order valence-corrected chi connectivity index (χ2v) is 4.42. The molecular weight excluding hydrogens is 320 g/mol. The minimum atomic E-state index is -4.59. The summed E-state index contributed by atoms with van der Waals surface area (Å²) in [6.45, 7) is 0. The molecule has 8 heteroatoms. The molecule has 0 amide bonds. The Morgan fingerprint density at radius 3 is 1.45 bits per heavy atom. The summed E-state index contributed by atoms with van der Waals surface area (Å²) in [5.74, 6) is -10.5. The Kier molecular flexibility index (Phi) is 4.12. The molecule has 0 spiro atoms. The Hall–Kier alpha value is -2.12. The first-order chi connectivity index (χ1) is 10.1. The topological polar surface area (TPSA) is 0 Å². The SMILES string of the molecule is Fc1c(F)c(F)c(Cc2ccc(C(F)(F)F)cc2)c(F)c1F. The van der Waals surface area contributed by atoms with Gasteiger partial charge in [-0.05, 0) is 17.7 Å². The van der Waals surface area contributed by atoms with Crippen LogP contribution in [0.1, 0.15) is 16.7 Å². The molecule has 22 heavy (non-hydrogen) atoms. The summed E-state index contributed by atoms with van der Waals surface area (Å²) in [6.07, 6.45) is -5.33. The van der Waals surface area contributed by atoms with Crippen LogP contribution < -0.4 is 0 Å². The van der Waals surface area contributed by atoms with Gasteiger partial charge in [-0.25, -0.2) is 22.0 Å². The lowest BCUT2D eigenvalue weighted by Gasteiger charge is -2.10. The van der Waals surface area contributed by atoms with Gasteiger partial charge in [-0.15, -0.1) is 0 Å². The van der Waals surface area contributed by atoms with E-state index in [9.17, 15) is 35.1 Å². The smallest absolute Gasteiger partial charge is 0.203 e. The zero-order valence-electron chi connectivity index (χ0n) is 10.5. The quantitative estimate of drug-likeness (QED) is 0.414. The Labute approximate surface area is 119 Å². The molecule has 0 nitrogen and oxygen atoms in total. The van der Waals surface area contributed by atoms with Crippen molar-refractivity contribution in [2.45, 2.75) is 12.6 Å².